The predicted molar refractivity (Wildman–Crippen MR) is 71.8 cm³/mol. The molecule has 1 aromatic heterocycles. The van der Waals surface area contributed by atoms with Crippen molar-refractivity contribution in [3.63, 3.8) is 0 Å². The lowest BCUT2D eigenvalue weighted by Crippen LogP contribution is -2.12. The highest BCUT2D eigenvalue weighted by Crippen LogP contribution is 2.15. The molecule has 2 rings (SSSR count). The lowest BCUT2D eigenvalue weighted by molar-refractivity contribution is 0.191. The molecule has 1 atom stereocenters. The Bertz CT molecular complexity index is 519. The van der Waals surface area contributed by atoms with Crippen molar-refractivity contribution in [3.05, 3.63) is 58.4 Å². The lowest BCUT2D eigenvalue weighted by Gasteiger charge is -2.12. The van der Waals surface area contributed by atoms with Crippen LogP contribution in [0, 0.1) is 5.82 Å². The predicted octanol–water partition coefficient (Wildman–Crippen LogP) is 3.13. The van der Waals surface area contributed by atoms with Gasteiger partial charge in [0, 0.05) is 17.2 Å². The van der Waals surface area contributed by atoms with E-state index in [-0.39, 0.29) is 12.4 Å². The zero-order chi connectivity index (χ0) is 13.0. The zero-order valence-corrected chi connectivity index (χ0v) is 11.1. The highest BCUT2D eigenvalue weighted by Gasteiger charge is 2.08. The topological polar surface area (TPSA) is 45.1 Å². The summed E-state index contributed by atoms with van der Waals surface area (Å²) in [6, 6.07) is 9.57. The molecule has 0 amide bonds. The van der Waals surface area contributed by atoms with Gasteiger partial charge in [0.2, 0.25) is 0 Å². The molecule has 0 aliphatic rings. The molecule has 0 saturated carbocycles. The minimum atomic E-state index is -0.772. The number of halogens is 2. The molecule has 0 radical (unpaired) electrons. The molecule has 0 aliphatic carbocycles. The fraction of sp³-hybridized carbons (Fsp3) is 0.154. The van der Waals surface area contributed by atoms with Crippen LogP contribution in [0.4, 0.5) is 10.2 Å². The molecule has 1 heterocycles. The second-order valence-corrected chi connectivity index (χ2v) is 4.73. The molecule has 0 fully saturated rings. The van der Waals surface area contributed by atoms with Gasteiger partial charge in [-0.3, -0.25) is 0 Å². The van der Waals surface area contributed by atoms with E-state index in [1.54, 1.807) is 24.4 Å². The molecular formula is C13H12BrFN2O. The highest BCUT2D eigenvalue weighted by atomic mass is 79.9. The van der Waals surface area contributed by atoms with Crippen LogP contribution >= 0.6 is 15.9 Å². The van der Waals surface area contributed by atoms with Gasteiger partial charge in [0.1, 0.15) is 11.6 Å². The van der Waals surface area contributed by atoms with Crippen LogP contribution in [0.15, 0.2) is 47.1 Å². The monoisotopic (exact) mass is 310 g/mol. The number of aliphatic hydroxyl groups is 1. The quantitative estimate of drug-likeness (QED) is 0.912. The number of nitrogens with one attached hydrogen (secondary N) is 1. The fourth-order valence-corrected chi connectivity index (χ4v) is 1.75. The van der Waals surface area contributed by atoms with Gasteiger partial charge in [0.25, 0.3) is 0 Å². The third kappa shape index (κ3) is 3.51. The van der Waals surface area contributed by atoms with E-state index in [9.17, 15) is 9.50 Å². The fourth-order valence-electron chi connectivity index (χ4n) is 1.51. The normalized spacial score (nSPS) is 12.2. The third-order valence-electron chi connectivity index (χ3n) is 2.44. The van der Waals surface area contributed by atoms with Crippen LogP contribution in [-0.2, 0) is 0 Å². The van der Waals surface area contributed by atoms with Crippen molar-refractivity contribution in [2.24, 2.45) is 0 Å². The maximum atomic E-state index is 13.0. The molecule has 0 spiro atoms. The number of pyridine rings is 1. The van der Waals surface area contributed by atoms with E-state index in [1.165, 1.54) is 12.1 Å². The van der Waals surface area contributed by atoms with Gasteiger partial charge in [-0.15, -0.1) is 0 Å². The van der Waals surface area contributed by atoms with Gasteiger partial charge < -0.3 is 10.4 Å². The smallest absolute Gasteiger partial charge is 0.126 e. The highest BCUT2D eigenvalue weighted by molar-refractivity contribution is 9.10. The first-order valence-electron chi connectivity index (χ1n) is 5.44. The Kier molecular flexibility index (Phi) is 4.28. The van der Waals surface area contributed by atoms with Crippen molar-refractivity contribution >= 4 is 21.7 Å². The van der Waals surface area contributed by atoms with E-state index in [0.29, 0.717) is 11.4 Å². The first kappa shape index (κ1) is 13.0. The maximum absolute atomic E-state index is 13.0. The van der Waals surface area contributed by atoms with Crippen LogP contribution in [0.25, 0.3) is 0 Å². The minimum absolute atomic E-state index is 0.276. The van der Waals surface area contributed by atoms with Crippen molar-refractivity contribution in [2.75, 3.05) is 11.9 Å². The van der Waals surface area contributed by atoms with E-state index in [2.05, 4.69) is 26.2 Å². The summed E-state index contributed by atoms with van der Waals surface area (Å²) in [6.45, 7) is 0.276. The Morgan fingerprint density at radius 1 is 1.33 bits per heavy atom. The van der Waals surface area contributed by atoms with E-state index in [1.807, 2.05) is 6.07 Å². The molecule has 2 aromatic rings. The van der Waals surface area contributed by atoms with Crippen molar-refractivity contribution in [3.8, 4) is 0 Å². The van der Waals surface area contributed by atoms with Gasteiger partial charge in [-0.2, -0.15) is 0 Å². The van der Waals surface area contributed by atoms with E-state index in [0.717, 1.165) is 4.47 Å². The molecule has 1 aromatic carbocycles. The number of benzene rings is 1. The lowest BCUT2D eigenvalue weighted by atomic mass is 10.1. The van der Waals surface area contributed by atoms with Crippen molar-refractivity contribution in [1.82, 2.24) is 4.98 Å². The van der Waals surface area contributed by atoms with Gasteiger partial charge >= 0.3 is 0 Å². The van der Waals surface area contributed by atoms with Crippen LogP contribution in [0.1, 0.15) is 11.7 Å². The van der Waals surface area contributed by atoms with Crippen LogP contribution in [0.2, 0.25) is 0 Å². The van der Waals surface area contributed by atoms with E-state index >= 15 is 0 Å². The van der Waals surface area contributed by atoms with Gasteiger partial charge in [-0.1, -0.05) is 12.1 Å². The number of hydrogen-bond acceptors (Lipinski definition) is 3. The van der Waals surface area contributed by atoms with E-state index < -0.39 is 6.10 Å². The number of nitrogens with zero attached hydrogens (tertiary/aromatic N) is 1. The SMILES string of the molecule is OC(CNc1ccc(Br)cn1)c1cccc(F)c1. The summed E-state index contributed by atoms with van der Waals surface area (Å²) >= 11 is 3.29. The Balaban J connectivity index is 1.96. The summed E-state index contributed by atoms with van der Waals surface area (Å²) in [6.07, 6.45) is 0.892. The molecule has 5 heteroatoms. The molecular weight excluding hydrogens is 299 g/mol. The largest absolute Gasteiger partial charge is 0.387 e. The van der Waals surface area contributed by atoms with Crippen LogP contribution in [-0.4, -0.2) is 16.6 Å². The number of hydrogen-bond donors (Lipinski definition) is 2. The molecule has 3 nitrogen and oxygen atoms in total. The molecule has 0 aliphatic heterocycles. The summed E-state index contributed by atoms with van der Waals surface area (Å²) < 4.78 is 13.9. The summed E-state index contributed by atoms with van der Waals surface area (Å²) in [7, 11) is 0. The molecule has 94 valence electrons. The van der Waals surface area contributed by atoms with E-state index in [4.69, 9.17) is 0 Å². The third-order valence-corrected chi connectivity index (χ3v) is 2.91. The summed E-state index contributed by atoms with van der Waals surface area (Å²) in [5.41, 5.74) is 0.541. The molecule has 1 unspecified atom stereocenters. The van der Waals surface area contributed by atoms with Gasteiger partial charge in [-0.05, 0) is 45.8 Å². The first-order chi connectivity index (χ1) is 8.65. The van der Waals surface area contributed by atoms with Crippen LogP contribution < -0.4 is 5.32 Å². The Labute approximate surface area is 113 Å². The number of aliphatic hydroxyl groups excluding tert-OH is 1. The standard InChI is InChI=1S/C13H12BrFN2O/c14-10-4-5-13(16-7-10)17-8-12(18)9-2-1-3-11(15)6-9/h1-7,12,18H,8H2,(H,16,17). The molecule has 2 N–H and O–H groups in total. The average Bonchev–Trinajstić information content (AvgIpc) is 2.38. The Morgan fingerprint density at radius 2 is 2.17 bits per heavy atom. The minimum Gasteiger partial charge on any atom is -0.387 e. The van der Waals surface area contributed by atoms with Crippen molar-refractivity contribution in [1.29, 1.82) is 0 Å². The Morgan fingerprint density at radius 3 is 2.83 bits per heavy atom. The number of aromatic nitrogens is 1. The molecule has 0 bridgehead atoms. The van der Waals surface area contributed by atoms with Gasteiger partial charge in [-0.25, -0.2) is 9.37 Å². The second-order valence-electron chi connectivity index (χ2n) is 3.81. The average molecular weight is 311 g/mol. The van der Waals surface area contributed by atoms with Crippen LogP contribution in [0.3, 0.4) is 0 Å². The van der Waals surface area contributed by atoms with Crippen molar-refractivity contribution < 1.29 is 9.50 Å². The van der Waals surface area contributed by atoms with Gasteiger partial charge in [0.05, 0.1) is 6.10 Å². The Hall–Kier alpha value is -1.46. The number of anilines is 1. The van der Waals surface area contributed by atoms with Crippen LogP contribution in [0.5, 0.6) is 0 Å². The second kappa shape index (κ2) is 5.93. The molecule has 0 saturated heterocycles. The summed E-state index contributed by atoms with van der Waals surface area (Å²) in [4.78, 5) is 4.12. The first-order valence-corrected chi connectivity index (χ1v) is 6.23. The van der Waals surface area contributed by atoms with Gasteiger partial charge in [0.15, 0.2) is 0 Å². The summed E-state index contributed by atoms with van der Waals surface area (Å²) in [5, 5.41) is 12.9. The molecule has 18 heavy (non-hydrogen) atoms. The summed E-state index contributed by atoms with van der Waals surface area (Å²) in [5.74, 6) is 0.307. The number of rotatable bonds is 4. The zero-order valence-electron chi connectivity index (χ0n) is 9.48. The van der Waals surface area contributed by atoms with Crippen molar-refractivity contribution in [2.45, 2.75) is 6.10 Å². The maximum Gasteiger partial charge on any atom is 0.126 e.